The molecule has 1 N–H and O–H groups in total. The van der Waals surface area contributed by atoms with Crippen molar-refractivity contribution in [3.8, 4) is 5.75 Å². The number of nitrogens with one attached hydrogen (secondary N) is 1. The van der Waals surface area contributed by atoms with Gasteiger partial charge in [-0.3, -0.25) is 0 Å². The van der Waals surface area contributed by atoms with Crippen molar-refractivity contribution in [2.75, 3.05) is 25.1 Å². The molecular formula is C15H21NO3. The fraction of sp³-hybridized carbons (Fsp3) is 0.400. The molecule has 0 fully saturated rings. The molecule has 4 heteroatoms. The van der Waals surface area contributed by atoms with Gasteiger partial charge in [0.15, 0.2) is 0 Å². The fourth-order valence-electron chi connectivity index (χ4n) is 1.40. The topological polar surface area (TPSA) is 47.6 Å². The van der Waals surface area contributed by atoms with Gasteiger partial charge < -0.3 is 14.8 Å². The Kier molecular flexibility index (Phi) is 6.50. The normalized spacial score (nSPS) is 9.79. The highest BCUT2D eigenvalue weighted by Gasteiger charge is 2.06. The summed E-state index contributed by atoms with van der Waals surface area (Å²) in [5.41, 5.74) is 1.32. The molecule has 0 bridgehead atoms. The van der Waals surface area contributed by atoms with Crippen LogP contribution >= 0.6 is 0 Å². The Hall–Kier alpha value is -1.97. The second-order valence-electron chi connectivity index (χ2n) is 4.05. The molecule has 0 saturated carbocycles. The lowest BCUT2D eigenvalue weighted by Crippen LogP contribution is -2.14. The van der Waals surface area contributed by atoms with E-state index in [9.17, 15) is 4.79 Å². The number of esters is 1. The maximum absolute atomic E-state index is 11.4. The van der Waals surface area contributed by atoms with Crippen LogP contribution in [0.15, 0.2) is 36.4 Å². The van der Waals surface area contributed by atoms with E-state index in [0.29, 0.717) is 25.3 Å². The van der Waals surface area contributed by atoms with Gasteiger partial charge in [-0.15, -0.1) is 0 Å². The van der Waals surface area contributed by atoms with Gasteiger partial charge in [0.05, 0.1) is 13.2 Å². The summed E-state index contributed by atoms with van der Waals surface area (Å²) in [7, 11) is 0. The van der Waals surface area contributed by atoms with E-state index < -0.39 is 0 Å². The smallest absolute Gasteiger partial charge is 0.335 e. The zero-order valence-electron chi connectivity index (χ0n) is 11.6. The molecule has 1 rings (SSSR count). The Morgan fingerprint density at radius 2 is 1.95 bits per heavy atom. The van der Waals surface area contributed by atoms with Crippen LogP contribution in [0.4, 0.5) is 5.69 Å². The van der Waals surface area contributed by atoms with E-state index in [2.05, 4.69) is 18.8 Å². The third kappa shape index (κ3) is 5.46. The van der Waals surface area contributed by atoms with Crippen molar-refractivity contribution in [2.45, 2.75) is 20.3 Å². The molecule has 0 saturated heterocycles. The molecule has 1 aromatic rings. The van der Waals surface area contributed by atoms with E-state index in [1.807, 2.05) is 24.3 Å². The van der Waals surface area contributed by atoms with Crippen molar-refractivity contribution < 1.29 is 14.3 Å². The molecule has 0 amide bonds. The van der Waals surface area contributed by atoms with Crippen LogP contribution in [-0.4, -0.2) is 25.7 Å². The summed E-state index contributed by atoms with van der Waals surface area (Å²) in [6, 6.07) is 7.60. The third-order valence-corrected chi connectivity index (χ3v) is 2.40. The summed E-state index contributed by atoms with van der Waals surface area (Å²) in [6.07, 6.45) is 0.985. The average molecular weight is 263 g/mol. The lowest BCUT2D eigenvalue weighted by molar-refractivity contribution is -0.138. The van der Waals surface area contributed by atoms with Gasteiger partial charge in [0.2, 0.25) is 0 Å². The van der Waals surface area contributed by atoms with Crippen molar-refractivity contribution in [3.63, 3.8) is 0 Å². The Bertz CT molecular complexity index is 412. The highest BCUT2D eigenvalue weighted by atomic mass is 16.5. The molecule has 0 unspecified atom stereocenters. The number of carbonyl (C=O) groups excluding carboxylic acids is 1. The van der Waals surface area contributed by atoms with E-state index in [1.54, 1.807) is 6.92 Å². The van der Waals surface area contributed by atoms with E-state index in [0.717, 1.165) is 17.9 Å². The first kappa shape index (κ1) is 15.1. The molecule has 0 atom stereocenters. The Labute approximate surface area is 114 Å². The number of ether oxygens (including phenoxy) is 2. The maximum Gasteiger partial charge on any atom is 0.335 e. The molecule has 0 aliphatic rings. The van der Waals surface area contributed by atoms with Gasteiger partial charge in [0.25, 0.3) is 0 Å². The zero-order valence-corrected chi connectivity index (χ0v) is 11.6. The van der Waals surface area contributed by atoms with Crippen LogP contribution in [0.2, 0.25) is 0 Å². The van der Waals surface area contributed by atoms with Crippen molar-refractivity contribution in [2.24, 2.45) is 0 Å². The first-order chi connectivity index (χ1) is 9.17. The van der Waals surface area contributed by atoms with Crippen LogP contribution in [0.25, 0.3) is 0 Å². The van der Waals surface area contributed by atoms with Gasteiger partial charge in [-0.2, -0.15) is 0 Å². The number of rotatable bonds is 8. The summed E-state index contributed by atoms with van der Waals surface area (Å²) < 4.78 is 10.3. The summed E-state index contributed by atoms with van der Waals surface area (Å²) in [6.45, 7) is 8.97. The Morgan fingerprint density at radius 1 is 1.26 bits per heavy atom. The monoisotopic (exact) mass is 263 g/mol. The first-order valence-corrected chi connectivity index (χ1v) is 6.49. The quantitative estimate of drug-likeness (QED) is 0.578. The van der Waals surface area contributed by atoms with Gasteiger partial charge in [0, 0.05) is 17.8 Å². The summed E-state index contributed by atoms with van der Waals surface area (Å²) in [5.74, 6) is 0.481. The molecule has 0 aliphatic heterocycles. The molecule has 0 heterocycles. The molecule has 0 aliphatic carbocycles. The van der Waals surface area contributed by atoms with Crippen molar-refractivity contribution in [1.29, 1.82) is 0 Å². The Morgan fingerprint density at radius 3 is 2.53 bits per heavy atom. The van der Waals surface area contributed by atoms with Crippen LogP contribution in [0.5, 0.6) is 5.75 Å². The number of carbonyl (C=O) groups is 1. The number of anilines is 1. The highest BCUT2D eigenvalue weighted by Crippen LogP contribution is 2.16. The number of hydrogen-bond acceptors (Lipinski definition) is 4. The molecule has 0 spiro atoms. The lowest BCUT2D eigenvalue weighted by atomic mass is 10.2. The van der Waals surface area contributed by atoms with Crippen LogP contribution in [0.3, 0.4) is 0 Å². The molecule has 1 aromatic carbocycles. The maximum atomic E-state index is 11.4. The van der Waals surface area contributed by atoms with Gasteiger partial charge >= 0.3 is 5.97 Å². The van der Waals surface area contributed by atoms with Gasteiger partial charge in [-0.1, -0.05) is 13.5 Å². The van der Waals surface area contributed by atoms with Crippen molar-refractivity contribution >= 4 is 11.7 Å². The van der Waals surface area contributed by atoms with Crippen molar-refractivity contribution in [1.82, 2.24) is 0 Å². The number of benzene rings is 1. The summed E-state index contributed by atoms with van der Waals surface area (Å²) in [5, 5.41) is 3.11. The van der Waals surface area contributed by atoms with E-state index in [4.69, 9.17) is 9.47 Å². The molecule has 19 heavy (non-hydrogen) atoms. The van der Waals surface area contributed by atoms with Gasteiger partial charge in [0.1, 0.15) is 5.75 Å². The van der Waals surface area contributed by atoms with Crippen LogP contribution in [-0.2, 0) is 9.53 Å². The molecule has 104 valence electrons. The first-order valence-electron chi connectivity index (χ1n) is 6.49. The minimum Gasteiger partial charge on any atom is -0.494 e. The zero-order chi connectivity index (χ0) is 14.1. The van der Waals surface area contributed by atoms with Crippen LogP contribution in [0.1, 0.15) is 20.3 Å². The van der Waals surface area contributed by atoms with Crippen molar-refractivity contribution in [3.05, 3.63) is 36.4 Å². The third-order valence-electron chi connectivity index (χ3n) is 2.40. The molecular weight excluding hydrogens is 242 g/mol. The summed E-state index contributed by atoms with van der Waals surface area (Å²) >= 11 is 0. The highest BCUT2D eigenvalue weighted by molar-refractivity contribution is 5.88. The summed E-state index contributed by atoms with van der Waals surface area (Å²) in [4.78, 5) is 11.4. The molecule has 0 radical (unpaired) electrons. The van der Waals surface area contributed by atoms with E-state index in [1.165, 1.54) is 0 Å². The predicted molar refractivity (Wildman–Crippen MR) is 76.5 cm³/mol. The predicted octanol–water partition coefficient (Wildman–Crippen LogP) is 3.01. The second-order valence-corrected chi connectivity index (χ2v) is 4.05. The van der Waals surface area contributed by atoms with E-state index >= 15 is 0 Å². The Balaban J connectivity index is 2.41. The van der Waals surface area contributed by atoms with Crippen LogP contribution in [0, 0.1) is 0 Å². The average Bonchev–Trinajstić information content (AvgIpc) is 2.43. The fourth-order valence-corrected chi connectivity index (χ4v) is 1.40. The van der Waals surface area contributed by atoms with Gasteiger partial charge in [-0.25, -0.2) is 4.79 Å². The SMILES string of the molecule is C=C(CNc1ccc(OCCC)cc1)C(=O)OCC. The lowest BCUT2D eigenvalue weighted by Gasteiger charge is -2.09. The van der Waals surface area contributed by atoms with Gasteiger partial charge in [-0.05, 0) is 37.6 Å². The standard InChI is InChI=1S/C15H21NO3/c1-4-10-19-14-8-6-13(7-9-14)16-11-12(3)15(17)18-5-2/h6-9,16H,3-5,10-11H2,1-2H3. The minimum atomic E-state index is -0.363. The van der Waals surface area contributed by atoms with Crippen LogP contribution < -0.4 is 10.1 Å². The molecule has 4 nitrogen and oxygen atoms in total. The largest absolute Gasteiger partial charge is 0.494 e. The number of hydrogen-bond donors (Lipinski definition) is 1. The minimum absolute atomic E-state index is 0.362. The van der Waals surface area contributed by atoms with E-state index in [-0.39, 0.29) is 5.97 Å². The molecule has 0 aromatic heterocycles. The second kappa shape index (κ2) is 8.19.